The van der Waals surface area contributed by atoms with Crippen molar-refractivity contribution in [3.05, 3.63) is 29.8 Å². The van der Waals surface area contributed by atoms with Gasteiger partial charge in [-0.3, -0.25) is 5.41 Å². The van der Waals surface area contributed by atoms with E-state index in [0.717, 1.165) is 25.2 Å². The number of nitrogen functional groups attached to an aromatic ring is 1. The van der Waals surface area contributed by atoms with Gasteiger partial charge in [-0.05, 0) is 18.6 Å². The molecule has 0 amide bonds. The van der Waals surface area contributed by atoms with E-state index in [2.05, 4.69) is 0 Å². The zero-order chi connectivity index (χ0) is 10.7. The van der Waals surface area contributed by atoms with Gasteiger partial charge in [-0.1, -0.05) is 12.1 Å². The summed E-state index contributed by atoms with van der Waals surface area (Å²) in [6.45, 7) is 1.72. The molecule has 0 saturated carbocycles. The average Bonchev–Trinajstić information content (AvgIpc) is 2.71. The van der Waals surface area contributed by atoms with Crippen LogP contribution in [0.3, 0.4) is 0 Å². The molecular formula is C11H14N2OS. The van der Waals surface area contributed by atoms with E-state index < -0.39 is 0 Å². The van der Waals surface area contributed by atoms with Gasteiger partial charge in [-0.2, -0.15) is 0 Å². The molecule has 15 heavy (non-hydrogen) atoms. The third-order valence-corrected chi connectivity index (χ3v) is 3.61. The molecule has 0 radical (unpaired) electrons. The fraction of sp³-hybridized carbons (Fsp3) is 0.364. The fourth-order valence-corrected chi connectivity index (χ4v) is 2.57. The van der Waals surface area contributed by atoms with Gasteiger partial charge in [0.25, 0.3) is 0 Å². The lowest BCUT2D eigenvalue weighted by Crippen LogP contribution is -2.10. The highest BCUT2D eigenvalue weighted by molar-refractivity contribution is 8.00. The van der Waals surface area contributed by atoms with Gasteiger partial charge in [0, 0.05) is 22.3 Å². The molecule has 1 unspecified atom stereocenters. The molecule has 1 fully saturated rings. The lowest BCUT2D eigenvalue weighted by atomic mass is 10.2. The predicted molar refractivity (Wildman–Crippen MR) is 62.5 cm³/mol. The summed E-state index contributed by atoms with van der Waals surface area (Å²) in [5.41, 5.74) is 6.16. The molecule has 80 valence electrons. The Labute approximate surface area is 93.5 Å². The van der Waals surface area contributed by atoms with E-state index in [1.165, 1.54) is 4.90 Å². The van der Waals surface area contributed by atoms with Gasteiger partial charge >= 0.3 is 0 Å². The molecule has 0 aliphatic carbocycles. The molecule has 3 nitrogen and oxygen atoms in total. The maximum absolute atomic E-state index is 7.28. The van der Waals surface area contributed by atoms with Crippen molar-refractivity contribution >= 4 is 17.6 Å². The summed E-state index contributed by atoms with van der Waals surface area (Å²) < 4.78 is 5.32. The van der Waals surface area contributed by atoms with Crippen molar-refractivity contribution in [3.63, 3.8) is 0 Å². The van der Waals surface area contributed by atoms with E-state index in [1.54, 1.807) is 0 Å². The minimum Gasteiger partial charge on any atom is -0.384 e. The largest absolute Gasteiger partial charge is 0.384 e. The summed E-state index contributed by atoms with van der Waals surface area (Å²) in [6.07, 6.45) is 1.12. The third kappa shape index (κ3) is 2.73. The zero-order valence-electron chi connectivity index (χ0n) is 8.40. The molecule has 3 N–H and O–H groups in total. The number of ether oxygens (including phenoxy) is 1. The summed E-state index contributed by atoms with van der Waals surface area (Å²) in [5, 5.41) is 7.86. The lowest BCUT2D eigenvalue weighted by Gasteiger charge is -2.07. The Hall–Kier alpha value is -1.00. The van der Waals surface area contributed by atoms with Gasteiger partial charge in [-0.25, -0.2) is 0 Å². The fourth-order valence-electron chi connectivity index (χ4n) is 1.51. The molecule has 1 aromatic carbocycles. The van der Waals surface area contributed by atoms with E-state index in [0.29, 0.717) is 5.25 Å². The van der Waals surface area contributed by atoms with Crippen LogP contribution in [-0.4, -0.2) is 24.3 Å². The monoisotopic (exact) mass is 222 g/mol. The van der Waals surface area contributed by atoms with Crippen LogP contribution in [0.25, 0.3) is 0 Å². The minimum atomic E-state index is 0.121. The molecule has 1 saturated heterocycles. The van der Waals surface area contributed by atoms with Crippen molar-refractivity contribution in [1.29, 1.82) is 5.41 Å². The zero-order valence-corrected chi connectivity index (χ0v) is 9.22. The SMILES string of the molecule is N=C(N)c1ccc(SC2CCOC2)cc1. The molecule has 0 bridgehead atoms. The van der Waals surface area contributed by atoms with Crippen LogP contribution in [0.4, 0.5) is 0 Å². The van der Waals surface area contributed by atoms with E-state index in [9.17, 15) is 0 Å². The van der Waals surface area contributed by atoms with Crippen LogP contribution >= 0.6 is 11.8 Å². The van der Waals surface area contributed by atoms with Crippen molar-refractivity contribution in [2.24, 2.45) is 5.73 Å². The Kier molecular flexibility index (Phi) is 3.28. The number of nitrogens with one attached hydrogen (secondary N) is 1. The van der Waals surface area contributed by atoms with Crippen LogP contribution in [-0.2, 0) is 4.74 Å². The first-order valence-corrected chi connectivity index (χ1v) is 5.82. The van der Waals surface area contributed by atoms with E-state index in [4.69, 9.17) is 15.9 Å². The van der Waals surface area contributed by atoms with Gasteiger partial charge in [0.1, 0.15) is 5.84 Å². The predicted octanol–water partition coefficient (Wildman–Crippen LogP) is 1.85. The minimum absolute atomic E-state index is 0.121. The van der Waals surface area contributed by atoms with E-state index in [-0.39, 0.29) is 5.84 Å². The van der Waals surface area contributed by atoms with Gasteiger partial charge in [0.2, 0.25) is 0 Å². The van der Waals surface area contributed by atoms with E-state index >= 15 is 0 Å². The summed E-state index contributed by atoms with van der Waals surface area (Å²) in [6, 6.07) is 7.81. The third-order valence-electron chi connectivity index (χ3n) is 2.36. The van der Waals surface area contributed by atoms with Gasteiger partial charge < -0.3 is 10.5 Å². The normalized spacial score (nSPS) is 20.4. The van der Waals surface area contributed by atoms with Crippen molar-refractivity contribution in [2.45, 2.75) is 16.6 Å². The Bertz CT molecular complexity index is 344. The lowest BCUT2D eigenvalue weighted by molar-refractivity contribution is 0.199. The molecule has 1 aromatic rings. The summed E-state index contributed by atoms with van der Waals surface area (Å²) >= 11 is 1.84. The summed E-state index contributed by atoms with van der Waals surface area (Å²) in [7, 11) is 0. The first-order chi connectivity index (χ1) is 7.25. The highest BCUT2D eigenvalue weighted by Crippen LogP contribution is 2.28. The topological polar surface area (TPSA) is 59.1 Å². The van der Waals surface area contributed by atoms with Crippen LogP contribution < -0.4 is 5.73 Å². The molecule has 1 aliphatic heterocycles. The molecule has 1 heterocycles. The first kappa shape index (κ1) is 10.5. The van der Waals surface area contributed by atoms with Gasteiger partial charge in [0.15, 0.2) is 0 Å². The highest BCUT2D eigenvalue weighted by atomic mass is 32.2. The number of amidine groups is 1. The van der Waals surface area contributed by atoms with E-state index in [1.807, 2.05) is 36.0 Å². The number of benzene rings is 1. The average molecular weight is 222 g/mol. The van der Waals surface area contributed by atoms with Crippen molar-refractivity contribution in [3.8, 4) is 0 Å². The maximum atomic E-state index is 7.28. The smallest absolute Gasteiger partial charge is 0.122 e. The molecule has 0 spiro atoms. The molecule has 2 rings (SSSR count). The summed E-state index contributed by atoms with van der Waals surface area (Å²) in [5.74, 6) is 0.121. The van der Waals surface area contributed by atoms with Crippen LogP contribution in [0.1, 0.15) is 12.0 Å². The number of nitrogens with two attached hydrogens (primary N) is 1. The second kappa shape index (κ2) is 4.68. The molecule has 1 aliphatic rings. The van der Waals surface area contributed by atoms with Crippen molar-refractivity contribution < 1.29 is 4.74 Å². The number of hydrogen-bond donors (Lipinski definition) is 2. The second-order valence-electron chi connectivity index (χ2n) is 3.54. The number of hydrogen-bond acceptors (Lipinski definition) is 3. The number of rotatable bonds is 3. The quantitative estimate of drug-likeness (QED) is 0.606. The Morgan fingerprint density at radius 3 is 2.67 bits per heavy atom. The van der Waals surface area contributed by atoms with Gasteiger partial charge in [0.05, 0.1) is 6.61 Å². The number of thioether (sulfide) groups is 1. The Morgan fingerprint density at radius 2 is 2.13 bits per heavy atom. The Morgan fingerprint density at radius 1 is 1.40 bits per heavy atom. The Balaban J connectivity index is 2.00. The van der Waals surface area contributed by atoms with Crippen molar-refractivity contribution in [2.75, 3.05) is 13.2 Å². The maximum Gasteiger partial charge on any atom is 0.122 e. The van der Waals surface area contributed by atoms with Crippen LogP contribution in [0.5, 0.6) is 0 Å². The standard InChI is InChI=1S/C11H14N2OS/c12-11(13)8-1-3-9(4-2-8)15-10-5-6-14-7-10/h1-4,10H,5-7H2,(H3,12,13). The van der Waals surface area contributed by atoms with Gasteiger partial charge in [-0.15, -0.1) is 11.8 Å². The first-order valence-electron chi connectivity index (χ1n) is 4.94. The molecule has 1 atom stereocenters. The highest BCUT2D eigenvalue weighted by Gasteiger charge is 2.16. The van der Waals surface area contributed by atoms with Crippen LogP contribution in [0, 0.1) is 5.41 Å². The summed E-state index contributed by atoms with van der Waals surface area (Å²) in [4.78, 5) is 1.22. The molecule has 4 heteroatoms. The van der Waals surface area contributed by atoms with Crippen LogP contribution in [0.15, 0.2) is 29.2 Å². The molecule has 0 aromatic heterocycles. The van der Waals surface area contributed by atoms with Crippen LogP contribution in [0.2, 0.25) is 0 Å². The van der Waals surface area contributed by atoms with Crippen molar-refractivity contribution in [1.82, 2.24) is 0 Å². The second-order valence-corrected chi connectivity index (χ2v) is 4.92. The molecular weight excluding hydrogens is 208 g/mol.